The van der Waals surface area contributed by atoms with Gasteiger partial charge in [0.2, 0.25) is 10.0 Å². The monoisotopic (exact) mass is 381 g/mol. The van der Waals surface area contributed by atoms with E-state index < -0.39 is 15.8 Å². The van der Waals surface area contributed by atoms with Crippen molar-refractivity contribution in [1.82, 2.24) is 4.31 Å². The zero-order valence-corrected chi connectivity index (χ0v) is 14.9. The molecule has 0 unspecified atom stereocenters. The minimum Gasteiger partial charge on any atom is -0.294 e. The molecule has 3 rings (SSSR count). The Bertz CT molecular complexity index is 858. The molecule has 0 spiro atoms. The van der Waals surface area contributed by atoms with E-state index in [2.05, 4.69) is 0 Å². The van der Waals surface area contributed by atoms with Crippen molar-refractivity contribution in [2.75, 3.05) is 13.1 Å². The van der Waals surface area contributed by atoms with Gasteiger partial charge in [-0.3, -0.25) is 4.79 Å². The molecule has 25 heavy (non-hydrogen) atoms. The van der Waals surface area contributed by atoms with Crippen LogP contribution in [-0.2, 0) is 10.0 Å². The van der Waals surface area contributed by atoms with Crippen LogP contribution >= 0.6 is 11.6 Å². The predicted octanol–water partition coefficient (Wildman–Crippen LogP) is 3.76. The summed E-state index contributed by atoms with van der Waals surface area (Å²) in [5, 5.41) is 0.566. The molecule has 0 amide bonds. The second-order valence-corrected chi connectivity index (χ2v) is 8.38. The summed E-state index contributed by atoms with van der Waals surface area (Å²) in [6.07, 6.45) is 0.920. The summed E-state index contributed by atoms with van der Waals surface area (Å²) in [5.74, 6) is -0.678. The number of hydrogen-bond acceptors (Lipinski definition) is 3. The third-order valence-electron chi connectivity index (χ3n) is 4.40. The fourth-order valence-corrected chi connectivity index (χ4v) is 4.56. The van der Waals surface area contributed by atoms with Crippen LogP contribution in [0, 0.1) is 11.7 Å². The fraction of sp³-hybridized carbons (Fsp3) is 0.278. The van der Waals surface area contributed by atoms with Gasteiger partial charge >= 0.3 is 0 Å². The average Bonchev–Trinajstić information content (AvgIpc) is 2.62. The van der Waals surface area contributed by atoms with Gasteiger partial charge in [-0.05, 0) is 61.4 Å². The summed E-state index contributed by atoms with van der Waals surface area (Å²) in [6.45, 7) is 0.535. The van der Waals surface area contributed by atoms with Gasteiger partial charge in [0.1, 0.15) is 5.82 Å². The Morgan fingerprint density at radius 2 is 1.56 bits per heavy atom. The van der Waals surface area contributed by atoms with E-state index in [4.69, 9.17) is 11.6 Å². The molecule has 1 saturated heterocycles. The number of halogens is 2. The van der Waals surface area contributed by atoms with Crippen molar-refractivity contribution in [1.29, 1.82) is 0 Å². The molecule has 0 saturated carbocycles. The maximum absolute atomic E-state index is 13.0. The molecule has 1 aliphatic rings. The topological polar surface area (TPSA) is 54.5 Å². The lowest BCUT2D eigenvalue weighted by Gasteiger charge is -2.30. The fourth-order valence-electron chi connectivity index (χ4n) is 2.96. The van der Waals surface area contributed by atoms with Gasteiger partial charge in [0.05, 0.1) is 4.90 Å². The summed E-state index contributed by atoms with van der Waals surface area (Å²) in [6, 6.07) is 11.5. The van der Waals surface area contributed by atoms with E-state index in [-0.39, 0.29) is 29.7 Å². The molecule has 0 aliphatic carbocycles. The van der Waals surface area contributed by atoms with E-state index in [9.17, 15) is 17.6 Å². The zero-order valence-electron chi connectivity index (χ0n) is 13.4. The molecule has 1 aliphatic heterocycles. The molecule has 1 heterocycles. The number of Topliss-reactive ketones (excluding diaryl/α,β-unsaturated/α-hetero) is 1. The highest BCUT2D eigenvalue weighted by atomic mass is 35.5. The first-order valence-corrected chi connectivity index (χ1v) is 9.75. The van der Waals surface area contributed by atoms with Crippen molar-refractivity contribution in [3.8, 4) is 0 Å². The van der Waals surface area contributed by atoms with Gasteiger partial charge in [-0.15, -0.1) is 0 Å². The standard InChI is InChI=1S/C18H17ClFNO3S/c19-15-3-1-13(2-4-15)18(22)14-9-11-21(12-10-14)25(23,24)17-7-5-16(20)6-8-17/h1-8,14H,9-12H2. The highest BCUT2D eigenvalue weighted by Crippen LogP contribution is 2.26. The van der Waals surface area contributed by atoms with E-state index in [1.807, 2.05) is 0 Å². The number of rotatable bonds is 4. The Morgan fingerprint density at radius 3 is 2.12 bits per heavy atom. The summed E-state index contributed by atoms with van der Waals surface area (Å²) in [5.41, 5.74) is 0.587. The number of carbonyl (C=O) groups excluding carboxylic acids is 1. The van der Waals surface area contributed by atoms with Crippen LogP contribution < -0.4 is 0 Å². The van der Waals surface area contributed by atoms with E-state index in [1.165, 1.54) is 16.4 Å². The molecule has 132 valence electrons. The normalized spacial score (nSPS) is 16.7. The second-order valence-electron chi connectivity index (χ2n) is 6.00. The smallest absolute Gasteiger partial charge is 0.243 e. The SMILES string of the molecule is O=C(c1ccc(Cl)cc1)C1CCN(S(=O)(=O)c2ccc(F)cc2)CC1. The van der Waals surface area contributed by atoms with Crippen LogP contribution in [0.1, 0.15) is 23.2 Å². The lowest BCUT2D eigenvalue weighted by atomic mass is 9.90. The van der Waals surface area contributed by atoms with E-state index in [1.54, 1.807) is 24.3 Å². The highest BCUT2D eigenvalue weighted by Gasteiger charge is 2.32. The number of benzene rings is 2. The van der Waals surface area contributed by atoms with Gasteiger partial charge in [0, 0.05) is 29.6 Å². The summed E-state index contributed by atoms with van der Waals surface area (Å²) >= 11 is 5.83. The summed E-state index contributed by atoms with van der Waals surface area (Å²) in [7, 11) is -3.66. The van der Waals surface area contributed by atoms with Crippen LogP contribution in [-0.4, -0.2) is 31.6 Å². The van der Waals surface area contributed by atoms with Crippen LogP contribution in [0.2, 0.25) is 5.02 Å². The van der Waals surface area contributed by atoms with Crippen LogP contribution in [0.4, 0.5) is 4.39 Å². The molecule has 1 fully saturated rings. The number of sulfonamides is 1. The highest BCUT2D eigenvalue weighted by molar-refractivity contribution is 7.89. The molecule has 2 aromatic rings. The van der Waals surface area contributed by atoms with Crippen LogP contribution in [0.5, 0.6) is 0 Å². The summed E-state index contributed by atoms with van der Waals surface area (Å²) < 4.78 is 39.5. The lowest BCUT2D eigenvalue weighted by Crippen LogP contribution is -2.40. The first kappa shape index (κ1) is 18.0. The van der Waals surface area contributed by atoms with Gasteiger partial charge in [0.25, 0.3) is 0 Å². The third-order valence-corrected chi connectivity index (χ3v) is 6.57. The van der Waals surface area contributed by atoms with Crippen molar-refractivity contribution >= 4 is 27.4 Å². The van der Waals surface area contributed by atoms with Crippen LogP contribution in [0.3, 0.4) is 0 Å². The maximum Gasteiger partial charge on any atom is 0.243 e. The minimum absolute atomic E-state index is 0.00972. The lowest BCUT2D eigenvalue weighted by molar-refractivity contribution is 0.0875. The Balaban J connectivity index is 1.68. The second kappa shape index (κ2) is 7.23. The van der Waals surface area contributed by atoms with E-state index in [0.717, 1.165) is 12.1 Å². The van der Waals surface area contributed by atoms with Crippen molar-refractivity contribution in [2.45, 2.75) is 17.7 Å². The van der Waals surface area contributed by atoms with Gasteiger partial charge in [-0.2, -0.15) is 4.31 Å². The van der Waals surface area contributed by atoms with Gasteiger partial charge in [-0.1, -0.05) is 11.6 Å². The molecule has 0 N–H and O–H groups in total. The van der Waals surface area contributed by atoms with Crippen LogP contribution in [0.15, 0.2) is 53.4 Å². The molecule has 0 atom stereocenters. The van der Waals surface area contributed by atoms with Crippen LogP contribution in [0.25, 0.3) is 0 Å². The Labute approximate surface area is 151 Å². The first-order valence-electron chi connectivity index (χ1n) is 7.93. The zero-order chi connectivity index (χ0) is 18.0. The molecule has 7 heteroatoms. The Hall–Kier alpha value is -1.76. The number of piperidine rings is 1. The molecular formula is C18H17ClFNO3S. The molecule has 4 nitrogen and oxygen atoms in total. The van der Waals surface area contributed by atoms with Gasteiger partial charge in [0.15, 0.2) is 5.78 Å². The van der Waals surface area contributed by atoms with Crippen molar-refractivity contribution in [3.05, 3.63) is 64.9 Å². The Kier molecular flexibility index (Phi) is 5.22. The van der Waals surface area contributed by atoms with Crippen molar-refractivity contribution in [3.63, 3.8) is 0 Å². The number of carbonyl (C=O) groups is 1. The molecule has 0 radical (unpaired) electrons. The average molecular weight is 382 g/mol. The van der Waals surface area contributed by atoms with E-state index >= 15 is 0 Å². The van der Waals surface area contributed by atoms with Gasteiger partial charge in [-0.25, -0.2) is 12.8 Å². The number of hydrogen-bond donors (Lipinski definition) is 0. The third kappa shape index (κ3) is 3.92. The number of ketones is 1. The molecule has 0 aromatic heterocycles. The number of nitrogens with zero attached hydrogens (tertiary/aromatic N) is 1. The van der Waals surface area contributed by atoms with Crippen molar-refractivity contribution in [2.24, 2.45) is 5.92 Å². The quantitative estimate of drug-likeness (QED) is 0.757. The summed E-state index contributed by atoms with van der Waals surface area (Å²) in [4.78, 5) is 12.6. The van der Waals surface area contributed by atoms with Crippen molar-refractivity contribution < 1.29 is 17.6 Å². The molecular weight excluding hydrogens is 365 g/mol. The van der Waals surface area contributed by atoms with E-state index in [0.29, 0.717) is 23.4 Å². The largest absolute Gasteiger partial charge is 0.294 e. The Morgan fingerprint density at radius 1 is 1.00 bits per heavy atom. The molecule has 2 aromatic carbocycles. The predicted molar refractivity (Wildman–Crippen MR) is 93.7 cm³/mol. The first-order chi connectivity index (χ1) is 11.9. The van der Waals surface area contributed by atoms with Gasteiger partial charge < -0.3 is 0 Å². The minimum atomic E-state index is -3.66. The molecule has 0 bridgehead atoms. The maximum atomic E-state index is 13.0.